The van der Waals surface area contributed by atoms with Crippen molar-refractivity contribution in [1.82, 2.24) is 15.2 Å². The average molecular weight is 227 g/mol. The number of nitrogens with zero attached hydrogens (tertiary/aromatic N) is 2. The Kier molecular flexibility index (Phi) is 2.79. The smallest absolute Gasteiger partial charge is 0.315 e. The molecule has 0 aliphatic rings. The number of hydrogen-bond donors (Lipinski definition) is 3. The molecule has 2 aromatic heterocycles. The van der Waals surface area contributed by atoms with Crippen LogP contribution in [0.1, 0.15) is 11.6 Å². The van der Waals surface area contributed by atoms with Crippen LogP contribution in [-0.2, 0) is 13.1 Å². The second-order valence-corrected chi connectivity index (χ2v) is 3.57. The Labute approximate surface area is 88.3 Å². The first kappa shape index (κ1) is 9.87. The molecule has 7 nitrogen and oxygen atoms in total. The lowest BCUT2D eigenvalue weighted by Crippen LogP contribution is -2.02. The Morgan fingerprint density at radius 2 is 2.47 bits per heavy atom. The summed E-state index contributed by atoms with van der Waals surface area (Å²) in [5.41, 5.74) is 6.08. The molecule has 2 heterocycles. The van der Waals surface area contributed by atoms with Crippen LogP contribution in [0.2, 0.25) is 0 Å². The Morgan fingerprint density at radius 3 is 3.07 bits per heavy atom. The molecule has 4 N–H and O–H groups in total. The molecule has 0 saturated carbocycles. The summed E-state index contributed by atoms with van der Waals surface area (Å²) < 4.78 is 5.11. The van der Waals surface area contributed by atoms with Crippen molar-refractivity contribution in [3.05, 3.63) is 26.6 Å². The van der Waals surface area contributed by atoms with Crippen molar-refractivity contribution >= 4 is 17.4 Å². The number of hydrogen-bond acceptors (Lipinski definition) is 7. The zero-order valence-corrected chi connectivity index (χ0v) is 8.50. The van der Waals surface area contributed by atoms with Crippen LogP contribution in [0.25, 0.3) is 0 Å². The van der Waals surface area contributed by atoms with Crippen molar-refractivity contribution in [2.24, 2.45) is 5.73 Å². The van der Waals surface area contributed by atoms with Crippen LogP contribution in [0.4, 0.5) is 6.01 Å². The topological polar surface area (TPSA) is 110 Å². The fourth-order valence-electron chi connectivity index (χ4n) is 0.979. The van der Waals surface area contributed by atoms with Crippen molar-refractivity contribution in [1.29, 1.82) is 0 Å². The summed E-state index contributed by atoms with van der Waals surface area (Å²) in [6.07, 6.45) is 0. The van der Waals surface area contributed by atoms with Crippen LogP contribution in [0.15, 0.2) is 14.6 Å². The van der Waals surface area contributed by atoms with Gasteiger partial charge in [-0.1, -0.05) is 16.4 Å². The molecular formula is C7H9N5O2S. The molecule has 0 unspecified atom stereocenters. The normalized spacial score (nSPS) is 10.5. The molecular weight excluding hydrogens is 218 g/mol. The monoisotopic (exact) mass is 227 g/mol. The van der Waals surface area contributed by atoms with Crippen molar-refractivity contribution in [2.45, 2.75) is 13.1 Å². The van der Waals surface area contributed by atoms with Crippen LogP contribution in [0, 0.1) is 0 Å². The molecule has 0 radical (unpaired) electrons. The van der Waals surface area contributed by atoms with Gasteiger partial charge in [-0.05, 0) is 0 Å². The molecule has 2 rings (SSSR count). The number of nitrogens with one attached hydrogen (secondary N) is 2. The summed E-state index contributed by atoms with van der Waals surface area (Å²) in [4.78, 5) is 13.4. The molecule has 0 aliphatic heterocycles. The van der Waals surface area contributed by atoms with E-state index in [1.807, 2.05) is 0 Å². The van der Waals surface area contributed by atoms with Gasteiger partial charge in [-0.15, -0.1) is 5.10 Å². The zero-order valence-electron chi connectivity index (χ0n) is 7.69. The van der Waals surface area contributed by atoms with E-state index in [0.29, 0.717) is 18.5 Å². The maximum absolute atomic E-state index is 10.8. The molecule has 0 atom stereocenters. The van der Waals surface area contributed by atoms with Crippen LogP contribution in [0.3, 0.4) is 0 Å². The first-order valence-corrected chi connectivity index (χ1v) is 5.09. The van der Waals surface area contributed by atoms with Gasteiger partial charge in [0, 0.05) is 11.1 Å². The van der Waals surface area contributed by atoms with Crippen LogP contribution in [-0.4, -0.2) is 15.2 Å². The highest BCUT2D eigenvalue weighted by Crippen LogP contribution is 2.06. The molecule has 0 aromatic carbocycles. The molecule has 0 spiro atoms. The highest BCUT2D eigenvalue weighted by atomic mass is 32.1. The van der Waals surface area contributed by atoms with Crippen molar-refractivity contribution in [3.8, 4) is 0 Å². The maximum Gasteiger partial charge on any atom is 0.315 e. The summed E-state index contributed by atoms with van der Waals surface area (Å²) >= 11 is 1.11. The highest BCUT2D eigenvalue weighted by molar-refractivity contribution is 7.07. The fourth-order valence-corrected chi connectivity index (χ4v) is 1.56. The maximum atomic E-state index is 10.8. The first-order chi connectivity index (χ1) is 7.28. The summed E-state index contributed by atoms with van der Waals surface area (Å²) in [7, 11) is 0. The molecule has 0 fully saturated rings. The van der Waals surface area contributed by atoms with Crippen LogP contribution >= 0.6 is 11.3 Å². The Hall–Kier alpha value is -1.67. The Balaban J connectivity index is 1.95. The summed E-state index contributed by atoms with van der Waals surface area (Å²) in [6.45, 7) is 0.648. The van der Waals surface area contributed by atoms with Crippen molar-refractivity contribution in [2.75, 3.05) is 5.32 Å². The van der Waals surface area contributed by atoms with E-state index in [4.69, 9.17) is 10.2 Å². The third-order valence-corrected chi connectivity index (χ3v) is 2.36. The largest absolute Gasteiger partial charge is 0.407 e. The molecule has 0 amide bonds. The summed E-state index contributed by atoms with van der Waals surface area (Å²) in [6, 6.07) is 0.294. The second kappa shape index (κ2) is 4.24. The minimum absolute atomic E-state index is 0.0834. The van der Waals surface area contributed by atoms with Gasteiger partial charge in [-0.2, -0.15) is 0 Å². The fraction of sp³-hybridized carbons (Fsp3) is 0.286. The molecule has 80 valence electrons. The van der Waals surface area contributed by atoms with Gasteiger partial charge in [-0.3, -0.25) is 4.79 Å². The van der Waals surface area contributed by atoms with E-state index in [-0.39, 0.29) is 11.4 Å². The van der Waals surface area contributed by atoms with E-state index in [9.17, 15) is 4.79 Å². The number of thiazole rings is 1. The van der Waals surface area contributed by atoms with Gasteiger partial charge in [-0.25, -0.2) is 0 Å². The number of rotatable bonds is 4. The van der Waals surface area contributed by atoms with Gasteiger partial charge < -0.3 is 20.5 Å². The molecule has 15 heavy (non-hydrogen) atoms. The van der Waals surface area contributed by atoms with E-state index >= 15 is 0 Å². The van der Waals surface area contributed by atoms with E-state index < -0.39 is 0 Å². The molecule has 0 bridgehead atoms. The van der Waals surface area contributed by atoms with E-state index in [0.717, 1.165) is 17.0 Å². The van der Waals surface area contributed by atoms with E-state index in [2.05, 4.69) is 20.5 Å². The summed E-state index contributed by atoms with van der Waals surface area (Å²) in [5.74, 6) is 0.372. The zero-order chi connectivity index (χ0) is 10.7. The van der Waals surface area contributed by atoms with Gasteiger partial charge in [0.1, 0.15) is 0 Å². The van der Waals surface area contributed by atoms with Crippen LogP contribution in [0.5, 0.6) is 0 Å². The number of aromatic amines is 1. The van der Waals surface area contributed by atoms with E-state index in [1.165, 1.54) is 0 Å². The number of H-pyrrole nitrogens is 1. The van der Waals surface area contributed by atoms with Gasteiger partial charge in [0.15, 0.2) is 0 Å². The van der Waals surface area contributed by atoms with Crippen LogP contribution < -0.4 is 15.9 Å². The number of aromatic nitrogens is 3. The third kappa shape index (κ3) is 2.42. The minimum atomic E-state index is -0.0834. The van der Waals surface area contributed by atoms with E-state index in [1.54, 1.807) is 5.38 Å². The predicted octanol–water partition coefficient (Wildman–Crippen LogP) is -0.110. The quantitative estimate of drug-likeness (QED) is 0.672. The lowest BCUT2D eigenvalue weighted by atomic mass is 10.5. The third-order valence-electron chi connectivity index (χ3n) is 1.64. The average Bonchev–Trinajstić information content (AvgIpc) is 2.83. The molecule has 0 aliphatic carbocycles. The van der Waals surface area contributed by atoms with Gasteiger partial charge in [0.2, 0.25) is 5.89 Å². The van der Waals surface area contributed by atoms with Crippen molar-refractivity contribution in [3.63, 3.8) is 0 Å². The highest BCUT2D eigenvalue weighted by Gasteiger charge is 2.03. The molecule has 2 aromatic rings. The van der Waals surface area contributed by atoms with Crippen molar-refractivity contribution < 1.29 is 4.42 Å². The molecule has 8 heteroatoms. The SMILES string of the molecule is NCc1nnc(NCc2csc(=O)[nH]2)o1. The predicted molar refractivity (Wildman–Crippen MR) is 54.5 cm³/mol. The lowest BCUT2D eigenvalue weighted by Gasteiger charge is -1.96. The van der Waals surface area contributed by atoms with Gasteiger partial charge in [0.05, 0.1) is 13.1 Å². The van der Waals surface area contributed by atoms with Gasteiger partial charge >= 0.3 is 10.9 Å². The second-order valence-electron chi connectivity index (χ2n) is 2.73. The standard InChI is InChI=1S/C7H9N5O2S/c8-1-5-11-12-6(14-5)9-2-4-3-15-7(13)10-4/h3H,1-2,8H2,(H,9,12)(H,10,13). The molecule has 0 saturated heterocycles. The number of nitrogens with two attached hydrogens (primary N) is 1. The Morgan fingerprint density at radius 1 is 1.60 bits per heavy atom. The lowest BCUT2D eigenvalue weighted by molar-refractivity contribution is 0.507. The first-order valence-electron chi connectivity index (χ1n) is 4.21. The Bertz CT molecular complexity index is 487. The van der Waals surface area contributed by atoms with Gasteiger partial charge in [0.25, 0.3) is 0 Å². The number of anilines is 1. The summed E-state index contributed by atoms with van der Waals surface area (Å²) in [5, 5.41) is 12.0. The minimum Gasteiger partial charge on any atom is -0.407 e.